The van der Waals surface area contributed by atoms with Crippen molar-refractivity contribution >= 4 is 5.82 Å². The first-order chi connectivity index (χ1) is 11.2. The molecule has 1 fully saturated rings. The number of nitrogens with zero attached hydrogens (tertiary/aromatic N) is 3. The van der Waals surface area contributed by atoms with Gasteiger partial charge in [-0.3, -0.25) is 4.98 Å². The molecule has 0 aromatic carbocycles. The van der Waals surface area contributed by atoms with Gasteiger partial charge in [-0.25, -0.2) is 9.97 Å². The minimum absolute atomic E-state index is 0.159. The lowest BCUT2D eigenvalue weighted by atomic mass is 10.2. The Kier molecular flexibility index (Phi) is 5.15. The Morgan fingerprint density at radius 3 is 3.09 bits per heavy atom. The molecule has 0 bridgehead atoms. The molecule has 1 N–H and O–H groups in total. The second kappa shape index (κ2) is 7.48. The molecule has 2 atom stereocenters. The van der Waals surface area contributed by atoms with Crippen molar-refractivity contribution in [1.82, 2.24) is 15.0 Å². The summed E-state index contributed by atoms with van der Waals surface area (Å²) in [6.45, 7) is 6.16. The highest BCUT2D eigenvalue weighted by molar-refractivity contribution is 5.56. The van der Waals surface area contributed by atoms with E-state index in [0.717, 1.165) is 30.1 Å². The standard InChI is InChI=1S/C17H22N4O2/c1-12-8-16(19-13(2)10-23-15-5-7-22-11-15)21-17(20-12)14-4-3-6-18-9-14/h3-4,6,8-9,13,15H,5,7,10-11H2,1-2H3,(H,19,20,21). The van der Waals surface area contributed by atoms with Gasteiger partial charge in [0.05, 0.1) is 19.3 Å². The normalized spacial score (nSPS) is 18.8. The van der Waals surface area contributed by atoms with Gasteiger partial charge in [-0.05, 0) is 32.4 Å². The maximum Gasteiger partial charge on any atom is 0.163 e. The van der Waals surface area contributed by atoms with Gasteiger partial charge >= 0.3 is 0 Å². The van der Waals surface area contributed by atoms with E-state index >= 15 is 0 Å². The molecule has 0 amide bonds. The van der Waals surface area contributed by atoms with Crippen molar-refractivity contribution in [3.05, 3.63) is 36.3 Å². The van der Waals surface area contributed by atoms with E-state index < -0.39 is 0 Å². The molecule has 3 rings (SSSR count). The summed E-state index contributed by atoms with van der Waals surface area (Å²) in [5.41, 5.74) is 1.82. The lowest BCUT2D eigenvalue weighted by Crippen LogP contribution is -2.26. The largest absolute Gasteiger partial charge is 0.379 e. The van der Waals surface area contributed by atoms with Crippen molar-refractivity contribution in [2.75, 3.05) is 25.1 Å². The first kappa shape index (κ1) is 15.8. The molecule has 1 saturated heterocycles. The number of ether oxygens (including phenoxy) is 2. The molecule has 2 aromatic heterocycles. The molecule has 1 aliphatic heterocycles. The third-order valence-electron chi connectivity index (χ3n) is 3.64. The molecular weight excluding hydrogens is 292 g/mol. The van der Waals surface area contributed by atoms with E-state index in [1.165, 1.54) is 0 Å². The maximum absolute atomic E-state index is 5.84. The van der Waals surface area contributed by atoms with Crippen LogP contribution in [0.1, 0.15) is 19.0 Å². The summed E-state index contributed by atoms with van der Waals surface area (Å²) in [6.07, 6.45) is 4.71. The van der Waals surface area contributed by atoms with Crippen LogP contribution >= 0.6 is 0 Å². The van der Waals surface area contributed by atoms with E-state index in [1.807, 2.05) is 25.1 Å². The molecule has 2 unspecified atom stereocenters. The van der Waals surface area contributed by atoms with Crippen LogP contribution in [0.3, 0.4) is 0 Å². The molecule has 23 heavy (non-hydrogen) atoms. The third kappa shape index (κ3) is 4.46. The fraction of sp³-hybridized carbons (Fsp3) is 0.471. The van der Waals surface area contributed by atoms with Gasteiger partial charge in [-0.15, -0.1) is 0 Å². The monoisotopic (exact) mass is 314 g/mol. The van der Waals surface area contributed by atoms with Crippen molar-refractivity contribution in [3.63, 3.8) is 0 Å². The van der Waals surface area contributed by atoms with Crippen LogP contribution in [-0.2, 0) is 9.47 Å². The minimum atomic E-state index is 0.159. The Balaban J connectivity index is 1.64. The van der Waals surface area contributed by atoms with Gasteiger partial charge in [0.1, 0.15) is 5.82 Å². The van der Waals surface area contributed by atoms with Crippen LogP contribution in [0, 0.1) is 6.92 Å². The molecule has 3 heterocycles. The van der Waals surface area contributed by atoms with Crippen LogP contribution in [0.2, 0.25) is 0 Å². The van der Waals surface area contributed by atoms with E-state index in [2.05, 4.69) is 27.2 Å². The van der Waals surface area contributed by atoms with Crippen LogP contribution in [-0.4, -0.2) is 46.9 Å². The maximum atomic E-state index is 5.84. The molecule has 122 valence electrons. The number of aryl methyl sites for hydroxylation is 1. The van der Waals surface area contributed by atoms with E-state index in [-0.39, 0.29) is 12.1 Å². The van der Waals surface area contributed by atoms with E-state index in [1.54, 1.807) is 12.4 Å². The van der Waals surface area contributed by atoms with Crippen LogP contribution in [0.4, 0.5) is 5.82 Å². The van der Waals surface area contributed by atoms with Gasteiger partial charge < -0.3 is 14.8 Å². The molecular formula is C17H22N4O2. The molecule has 1 aliphatic rings. The highest BCUT2D eigenvalue weighted by Gasteiger charge is 2.17. The number of anilines is 1. The summed E-state index contributed by atoms with van der Waals surface area (Å²) in [6, 6.07) is 5.94. The van der Waals surface area contributed by atoms with Crippen molar-refractivity contribution in [2.24, 2.45) is 0 Å². The number of nitrogens with one attached hydrogen (secondary N) is 1. The average Bonchev–Trinajstić information content (AvgIpc) is 3.07. The summed E-state index contributed by atoms with van der Waals surface area (Å²) >= 11 is 0. The van der Waals surface area contributed by atoms with E-state index in [9.17, 15) is 0 Å². The van der Waals surface area contributed by atoms with Crippen molar-refractivity contribution < 1.29 is 9.47 Å². The Morgan fingerprint density at radius 1 is 1.43 bits per heavy atom. The smallest absolute Gasteiger partial charge is 0.163 e. The van der Waals surface area contributed by atoms with E-state index in [0.29, 0.717) is 19.0 Å². The number of pyridine rings is 1. The summed E-state index contributed by atoms with van der Waals surface area (Å²) in [5.74, 6) is 1.48. The van der Waals surface area contributed by atoms with Gasteiger partial charge in [0, 0.05) is 42.4 Å². The van der Waals surface area contributed by atoms with Gasteiger partial charge in [-0.1, -0.05) is 0 Å². The van der Waals surface area contributed by atoms with Crippen LogP contribution in [0.5, 0.6) is 0 Å². The molecule has 6 heteroatoms. The zero-order valence-corrected chi connectivity index (χ0v) is 13.5. The van der Waals surface area contributed by atoms with Crippen LogP contribution < -0.4 is 5.32 Å². The molecule has 0 aliphatic carbocycles. The number of aromatic nitrogens is 3. The number of hydrogen-bond donors (Lipinski definition) is 1. The fourth-order valence-electron chi connectivity index (χ4n) is 2.49. The topological polar surface area (TPSA) is 69.2 Å². The highest BCUT2D eigenvalue weighted by atomic mass is 16.5. The van der Waals surface area contributed by atoms with Crippen LogP contribution in [0.15, 0.2) is 30.6 Å². The predicted molar refractivity (Wildman–Crippen MR) is 88.3 cm³/mol. The Bertz CT molecular complexity index is 630. The van der Waals surface area contributed by atoms with Crippen molar-refractivity contribution in [1.29, 1.82) is 0 Å². The summed E-state index contributed by atoms with van der Waals surface area (Å²) in [4.78, 5) is 13.2. The quantitative estimate of drug-likeness (QED) is 0.883. The lowest BCUT2D eigenvalue weighted by molar-refractivity contribution is 0.0395. The zero-order valence-electron chi connectivity index (χ0n) is 13.5. The predicted octanol–water partition coefficient (Wildman–Crippen LogP) is 2.45. The fourth-order valence-corrected chi connectivity index (χ4v) is 2.49. The SMILES string of the molecule is Cc1cc(NC(C)COC2CCOC2)nc(-c2cccnc2)n1. The Labute approximate surface area is 136 Å². The van der Waals surface area contributed by atoms with Gasteiger partial charge in [0.15, 0.2) is 5.82 Å². The lowest BCUT2D eigenvalue weighted by Gasteiger charge is -2.18. The second-order valence-electron chi connectivity index (χ2n) is 5.82. The average molecular weight is 314 g/mol. The Hall–Kier alpha value is -2.05. The molecule has 6 nitrogen and oxygen atoms in total. The van der Waals surface area contributed by atoms with Crippen molar-refractivity contribution in [2.45, 2.75) is 32.4 Å². The molecule has 2 aromatic rings. The van der Waals surface area contributed by atoms with E-state index in [4.69, 9.17) is 9.47 Å². The summed E-state index contributed by atoms with van der Waals surface area (Å²) in [7, 11) is 0. The second-order valence-corrected chi connectivity index (χ2v) is 5.82. The summed E-state index contributed by atoms with van der Waals surface area (Å²) in [5, 5.41) is 3.38. The number of rotatable bonds is 6. The van der Waals surface area contributed by atoms with Crippen molar-refractivity contribution in [3.8, 4) is 11.4 Å². The first-order valence-electron chi connectivity index (χ1n) is 7.92. The number of hydrogen-bond acceptors (Lipinski definition) is 6. The van der Waals surface area contributed by atoms with Crippen LogP contribution in [0.25, 0.3) is 11.4 Å². The van der Waals surface area contributed by atoms with Gasteiger partial charge in [0.2, 0.25) is 0 Å². The molecule has 0 saturated carbocycles. The van der Waals surface area contributed by atoms with Gasteiger partial charge in [-0.2, -0.15) is 0 Å². The zero-order chi connectivity index (χ0) is 16.1. The first-order valence-corrected chi connectivity index (χ1v) is 7.92. The third-order valence-corrected chi connectivity index (χ3v) is 3.64. The Morgan fingerprint density at radius 2 is 2.35 bits per heavy atom. The van der Waals surface area contributed by atoms with Gasteiger partial charge in [0.25, 0.3) is 0 Å². The molecule has 0 radical (unpaired) electrons. The summed E-state index contributed by atoms with van der Waals surface area (Å²) < 4.78 is 11.2. The molecule has 0 spiro atoms. The highest BCUT2D eigenvalue weighted by Crippen LogP contribution is 2.17. The minimum Gasteiger partial charge on any atom is -0.379 e.